The van der Waals surface area contributed by atoms with Gasteiger partial charge in [-0.3, -0.25) is 0 Å². The molecule has 1 fully saturated rings. The average Bonchev–Trinajstić information content (AvgIpc) is 2.68. The highest BCUT2D eigenvalue weighted by Gasteiger charge is 2.23. The monoisotopic (exact) mass is 369 g/mol. The highest BCUT2D eigenvalue weighted by molar-refractivity contribution is 5.91. The molecule has 1 saturated heterocycles. The molecule has 1 N–H and O–H groups in total. The minimum atomic E-state index is -0.112. The number of carbonyl (C=O) groups excluding carboxylic acids is 1. The van der Waals surface area contributed by atoms with E-state index in [9.17, 15) is 4.79 Å². The molecule has 6 nitrogen and oxygen atoms in total. The SMILES string of the molecule is COc1ccc(NC(=O)N2CCN(c3ccc(C)cc3C)CC2)c(OC)c1. The number of nitrogens with zero attached hydrogens (tertiary/aromatic N) is 2. The number of hydrogen-bond donors (Lipinski definition) is 1. The van der Waals surface area contributed by atoms with Crippen molar-refractivity contribution >= 4 is 17.4 Å². The Labute approximate surface area is 160 Å². The van der Waals surface area contributed by atoms with Gasteiger partial charge in [0, 0.05) is 37.9 Å². The number of methoxy groups -OCH3 is 2. The molecule has 1 aliphatic rings. The molecule has 0 aromatic heterocycles. The summed E-state index contributed by atoms with van der Waals surface area (Å²) in [6, 6.07) is 11.7. The molecular weight excluding hydrogens is 342 g/mol. The Morgan fingerprint density at radius 2 is 1.70 bits per heavy atom. The van der Waals surface area contributed by atoms with E-state index in [0.717, 1.165) is 13.1 Å². The second kappa shape index (κ2) is 8.20. The zero-order chi connectivity index (χ0) is 19.4. The lowest BCUT2D eigenvalue weighted by Gasteiger charge is -2.36. The van der Waals surface area contributed by atoms with Gasteiger partial charge in [-0.2, -0.15) is 0 Å². The third-order valence-electron chi connectivity index (χ3n) is 4.91. The largest absolute Gasteiger partial charge is 0.497 e. The average molecular weight is 369 g/mol. The van der Waals surface area contributed by atoms with Crippen LogP contribution in [0, 0.1) is 13.8 Å². The molecule has 27 heavy (non-hydrogen) atoms. The number of urea groups is 1. The second-order valence-corrected chi connectivity index (χ2v) is 6.76. The molecular formula is C21H27N3O3. The highest BCUT2D eigenvalue weighted by Crippen LogP contribution is 2.29. The van der Waals surface area contributed by atoms with Crippen molar-refractivity contribution in [3.63, 3.8) is 0 Å². The van der Waals surface area contributed by atoms with Crippen LogP contribution in [0.5, 0.6) is 11.5 Å². The van der Waals surface area contributed by atoms with Crippen molar-refractivity contribution in [1.82, 2.24) is 4.90 Å². The summed E-state index contributed by atoms with van der Waals surface area (Å²) < 4.78 is 10.5. The van der Waals surface area contributed by atoms with E-state index in [-0.39, 0.29) is 6.03 Å². The van der Waals surface area contributed by atoms with E-state index in [0.29, 0.717) is 30.3 Å². The zero-order valence-corrected chi connectivity index (χ0v) is 16.4. The Balaban J connectivity index is 1.62. The van der Waals surface area contributed by atoms with E-state index in [2.05, 4.69) is 42.3 Å². The number of carbonyl (C=O) groups is 1. The van der Waals surface area contributed by atoms with Crippen LogP contribution in [0.25, 0.3) is 0 Å². The van der Waals surface area contributed by atoms with E-state index in [1.54, 1.807) is 32.4 Å². The Bertz CT molecular complexity index is 814. The van der Waals surface area contributed by atoms with Crippen molar-refractivity contribution in [2.24, 2.45) is 0 Å². The van der Waals surface area contributed by atoms with Gasteiger partial charge in [0.1, 0.15) is 11.5 Å². The van der Waals surface area contributed by atoms with Crippen molar-refractivity contribution in [3.05, 3.63) is 47.5 Å². The van der Waals surface area contributed by atoms with Crippen molar-refractivity contribution in [1.29, 1.82) is 0 Å². The second-order valence-electron chi connectivity index (χ2n) is 6.76. The number of hydrogen-bond acceptors (Lipinski definition) is 4. The first-order valence-electron chi connectivity index (χ1n) is 9.12. The normalized spacial score (nSPS) is 14.1. The van der Waals surface area contributed by atoms with Crippen LogP contribution < -0.4 is 19.7 Å². The number of piperazine rings is 1. The Kier molecular flexibility index (Phi) is 5.74. The fraction of sp³-hybridized carbons (Fsp3) is 0.381. The topological polar surface area (TPSA) is 54.0 Å². The molecule has 1 aliphatic heterocycles. The number of nitrogens with one attached hydrogen (secondary N) is 1. The Hall–Kier alpha value is -2.89. The first-order chi connectivity index (χ1) is 13.0. The summed E-state index contributed by atoms with van der Waals surface area (Å²) in [4.78, 5) is 16.8. The molecule has 0 unspecified atom stereocenters. The van der Waals surface area contributed by atoms with Gasteiger partial charge in [0.15, 0.2) is 0 Å². The van der Waals surface area contributed by atoms with Crippen molar-refractivity contribution < 1.29 is 14.3 Å². The molecule has 0 spiro atoms. The van der Waals surface area contributed by atoms with Crippen LogP contribution in [0.1, 0.15) is 11.1 Å². The van der Waals surface area contributed by atoms with E-state index in [1.807, 2.05) is 4.90 Å². The van der Waals surface area contributed by atoms with E-state index < -0.39 is 0 Å². The Morgan fingerprint density at radius 3 is 2.33 bits per heavy atom. The van der Waals surface area contributed by atoms with Crippen LogP contribution >= 0.6 is 0 Å². The summed E-state index contributed by atoms with van der Waals surface area (Å²) in [5.41, 5.74) is 4.43. The maximum atomic E-state index is 12.7. The van der Waals surface area contributed by atoms with Gasteiger partial charge in [-0.15, -0.1) is 0 Å². The highest BCUT2D eigenvalue weighted by atomic mass is 16.5. The number of aryl methyl sites for hydroxylation is 2. The van der Waals surface area contributed by atoms with Crippen LogP contribution in [0.2, 0.25) is 0 Å². The molecule has 0 saturated carbocycles. The quantitative estimate of drug-likeness (QED) is 0.893. The molecule has 1 heterocycles. The van der Waals surface area contributed by atoms with Crippen LogP contribution in [0.3, 0.4) is 0 Å². The molecule has 144 valence electrons. The molecule has 2 aromatic rings. The lowest BCUT2D eigenvalue weighted by molar-refractivity contribution is 0.208. The summed E-state index contributed by atoms with van der Waals surface area (Å²) in [6.07, 6.45) is 0. The predicted molar refractivity (Wildman–Crippen MR) is 108 cm³/mol. The molecule has 0 radical (unpaired) electrons. The van der Waals surface area contributed by atoms with Gasteiger partial charge >= 0.3 is 6.03 Å². The number of rotatable bonds is 4. The van der Waals surface area contributed by atoms with E-state index in [1.165, 1.54) is 16.8 Å². The molecule has 6 heteroatoms. The maximum absolute atomic E-state index is 12.7. The summed E-state index contributed by atoms with van der Waals surface area (Å²) >= 11 is 0. The summed E-state index contributed by atoms with van der Waals surface area (Å²) in [6.45, 7) is 7.23. The smallest absolute Gasteiger partial charge is 0.322 e. The lowest BCUT2D eigenvalue weighted by Crippen LogP contribution is -2.50. The number of benzene rings is 2. The number of anilines is 2. The van der Waals surface area contributed by atoms with Gasteiger partial charge in [-0.05, 0) is 37.6 Å². The minimum absolute atomic E-state index is 0.112. The molecule has 2 amide bonds. The first-order valence-corrected chi connectivity index (χ1v) is 9.12. The van der Waals surface area contributed by atoms with Crippen molar-refractivity contribution in [2.75, 3.05) is 50.6 Å². The van der Waals surface area contributed by atoms with Crippen LogP contribution in [-0.4, -0.2) is 51.3 Å². The lowest BCUT2D eigenvalue weighted by atomic mass is 10.1. The molecule has 0 bridgehead atoms. The first kappa shape index (κ1) is 18.9. The standard InChI is InChI=1S/C21H27N3O3/c1-15-5-8-19(16(2)13-15)23-9-11-24(12-10-23)21(25)22-18-7-6-17(26-3)14-20(18)27-4/h5-8,13-14H,9-12H2,1-4H3,(H,22,25). The zero-order valence-electron chi connectivity index (χ0n) is 16.4. The fourth-order valence-electron chi connectivity index (χ4n) is 3.41. The van der Waals surface area contributed by atoms with Crippen LogP contribution in [0.15, 0.2) is 36.4 Å². The molecule has 3 rings (SSSR count). The van der Waals surface area contributed by atoms with Gasteiger partial charge < -0.3 is 24.6 Å². The summed E-state index contributed by atoms with van der Waals surface area (Å²) in [7, 11) is 3.18. The predicted octanol–water partition coefficient (Wildman–Crippen LogP) is 3.67. The molecule has 0 aliphatic carbocycles. The van der Waals surface area contributed by atoms with Gasteiger partial charge in [0.05, 0.1) is 19.9 Å². The third kappa shape index (κ3) is 4.27. The molecule has 0 atom stereocenters. The van der Waals surface area contributed by atoms with Crippen LogP contribution in [-0.2, 0) is 0 Å². The van der Waals surface area contributed by atoms with Gasteiger partial charge in [-0.1, -0.05) is 17.7 Å². The third-order valence-corrected chi connectivity index (χ3v) is 4.91. The minimum Gasteiger partial charge on any atom is -0.497 e. The molecule has 2 aromatic carbocycles. The van der Waals surface area contributed by atoms with Gasteiger partial charge in [0.25, 0.3) is 0 Å². The van der Waals surface area contributed by atoms with E-state index >= 15 is 0 Å². The Morgan fingerprint density at radius 1 is 0.963 bits per heavy atom. The van der Waals surface area contributed by atoms with Crippen molar-refractivity contribution in [3.8, 4) is 11.5 Å². The maximum Gasteiger partial charge on any atom is 0.322 e. The van der Waals surface area contributed by atoms with E-state index in [4.69, 9.17) is 9.47 Å². The van der Waals surface area contributed by atoms with Crippen LogP contribution in [0.4, 0.5) is 16.2 Å². The number of ether oxygens (including phenoxy) is 2. The van der Waals surface area contributed by atoms with Gasteiger partial charge in [-0.25, -0.2) is 4.79 Å². The van der Waals surface area contributed by atoms with Gasteiger partial charge in [0.2, 0.25) is 0 Å². The summed E-state index contributed by atoms with van der Waals surface area (Å²) in [5.74, 6) is 1.27. The fourth-order valence-corrected chi connectivity index (χ4v) is 3.41. The summed E-state index contributed by atoms with van der Waals surface area (Å²) in [5, 5.41) is 2.94. The van der Waals surface area contributed by atoms with Crippen molar-refractivity contribution in [2.45, 2.75) is 13.8 Å². The number of amides is 2.